The van der Waals surface area contributed by atoms with Crippen LogP contribution >= 0.6 is 0 Å². The van der Waals surface area contributed by atoms with Crippen LogP contribution in [0.3, 0.4) is 0 Å². The van der Waals surface area contributed by atoms with E-state index in [9.17, 15) is 0 Å². The number of ether oxygens (including phenoxy) is 1. The summed E-state index contributed by atoms with van der Waals surface area (Å²) in [5.74, 6) is 1.67. The average molecular weight is 247 g/mol. The molecule has 2 aromatic heterocycles. The van der Waals surface area contributed by atoms with E-state index in [1.54, 1.807) is 6.20 Å². The molecule has 0 aliphatic carbocycles. The molecule has 0 fully saturated rings. The third-order valence-corrected chi connectivity index (χ3v) is 2.83. The normalized spacial score (nSPS) is 14.4. The molecular formula is C10H13N7O. The highest BCUT2D eigenvalue weighted by Crippen LogP contribution is 2.18. The Hall–Kier alpha value is -2.38. The monoisotopic (exact) mass is 247 g/mol. The van der Waals surface area contributed by atoms with Crippen molar-refractivity contribution in [2.75, 3.05) is 24.3 Å². The number of anilines is 2. The highest BCUT2D eigenvalue weighted by molar-refractivity contribution is 5.36. The molecule has 0 radical (unpaired) electrons. The van der Waals surface area contributed by atoms with Crippen molar-refractivity contribution in [3.63, 3.8) is 0 Å². The van der Waals surface area contributed by atoms with Gasteiger partial charge in [-0.3, -0.25) is 0 Å². The quantitative estimate of drug-likeness (QED) is 0.776. The summed E-state index contributed by atoms with van der Waals surface area (Å²) in [4.78, 5) is 18.5. The predicted octanol–water partition coefficient (Wildman–Crippen LogP) is -0.321. The van der Waals surface area contributed by atoms with Crippen LogP contribution in [-0.2, 0) is 13.1 Å². The number of fused-ring (bicyclic) bond motifs is 1. The van der Waals surface area contributed by atoms with E-state index >= 15 is 0 Å². The molecule has 0 bridgehead atoms. The van der Waals surface area contributed by atoms with Crippen molar-refractivity contribution in [3.8, 4) is 6.01 Å². The van der Waals surface area contributed by atoms with E-state index in [4.69, 9.17) is 10.5 Å². The molecule has 1 aliphatic rings. The van der Waals surface area contributed by atoms with Gasteiger partial charge in [-0.2, -0.15) is 15.0 Å². The summed E-state index contributed by atoms with van der Waals surface area (Å²) in [6.07, 6.45) is 3.76. The van der Waals surface area contributed by atoms with Crippen molar-refractivity contribution in [1.29, 1.82) is 0 Å². The number of aromatic nitrogens is 5. The molecule has 0 saturated heterocycles. The lowest BCUT2D eigenvalue weighted by molar-refractivity contribution is 0.378. The maximum Gasteiger partial charge on any atom is 0.322 e. The second-order valence-corrected chi connectivity index (χ2v) is 3.94. The second-order valence-electron chi connectivity index (χ2n) is 3.94. The number of rotatable bonds is 2. The largest absolute Gasteiger partial charge is 0.467 e. The standard InChI is InChI=1S/C10H13N7O/c1-18-10-14-8(11)13-9(15-10)17-5-4-16-3-2-12-7(16)6-17/h2-3H,4-6H2,1H3,(H2,11,13,14,15). The van der Waals surface area contributed by atoms with Crippen molar-refractivity contribution in [1.82, 2.24) is 24.5 Å². The van der Waals surface area contributed by atoms with Gasteiger partial charge in [-0.1, -0.05) is 0 Å². The van der Waals surface area contributed by atoms with Crippen molar-refractivity contribution in [3.05, 3.63) is 18.2 Å². The molecule has 0 atom stereocenters. The predicted molar refractivity (Wildman–Crippen MR) is 64.1 cm³/mol. The van der Waals surface area contributed by atoms with Crippen molar-refractivity contribution in [2.24, 2.45) is 0 Å². The molecule has 8 heteroatoms. The van der Waals surface area contributed by atoms with Gasteiger partial charge in [0.1, 0.15) is 5.82 Å². The van der Waals surface area contributed by atoms with Gasteiger partial charge in [0, 0.05) is 25.5 Å². The SMILES string of the molecule is COc1nc(N)nc(N2CCn3ccnc3C2)n1. The zero-order valence-electron chi connectivity index (χ0n) is 9.94. The summed E-state index contributed by atoms with van der Waals surface area (Å²) in [6, 6.07) is 0.228. The van der Waals surface area contributed by atoms with E-state index in [1.165, 1.54) is 7.11 Å². The molecule has 3 heterocycles. The van der Waals surface area contributed by atoms with Crippen LogP contribution in [0.4, 0.5) is 11.9 Å². The summed E-state index contributed by atoms with van der Waals surface area (Å²) < 4.78 is 7.10. The zero-order chi connectivity index (χ0) is 12.5. The molecule has 0 unspecified atom stereocenters. The van der Waals surface area contributed by atoms with Crippen LogP contribution in [-0.4, -0.2) is 38.2 Å². The maximum atomic E-state index is 5.63. The third-order valence-electron chi connectivity index (χ3n) is 2.83. The lowest BCUT2D eigenvalue weighted by Crippen LogP contribution is -2.35. The van der Waals surface area contributed by atoms with Crippen LogP contribution in [0.15, 0.2) is 12.4 Å². The third kappa shape index (κ3) is 1.81. The minimum Gasteiger partial charge on any atom is -0.467 e. The summed E-state index contributed by atoms with van der Waals surface area (Å²) in [6.45, 7) is 2.30. The van der Waals surface area contributed by atoms with Gasteiger partial charge >= 0.3 is 6.01 Å². The van der Waals surface area contributed by atoms with E-state index < -0.39 is 0 Å². The van der Waals surface area contributed by atoms with Gasteiger partial charge in [0.05, 0.1) is 13.7 Å². The molecule has 2 N–H and O–H groups in total. The molecule has 1 aliphatic heterocycles. The molecule has 0 aromatic carbocycles. The van der Waals surface area contributed by atoms with Gasteiger partial charge in [0.15, 0.2) is 0 Å². The fourth-order valence-corrected chi connectivity index (χ4v) is 1.94. The fourth-order valence-electron chi connectivity index (χ4n) is 1.94. The van der Waals surface area contributed by atoms with Crippen LogP contribution < -0.4 is 15.4 Å². The molecule has 2 aromatic rings. The Morgan fingerprint density at radius 3 is 3.00 bits per heavy atom. The Labute approximate surface area is 103 Å². The molecule has 3 rings (SSSR count). The number of hydrogen-bond donors (Lipinski definition) is 1. The lowest BCUT2D eigenvalue weighted by atomic mass is 10.4. The van der Waals surface area contributed by atoms with E-state index in [0.29, 0.717) is 12.5 Å². The first-order valence-corrected chi connectivity index (χ1v) is 5.57. The summed E-state index contributed by atoms with van der Waals surface area (Å²) in [7, 11) is 1.50. The number of nitrogens with zero attached hydrogens (tertiary/aromatic N) is 6. The van der Waals surface area contributed by atoms with Crippen molar-refractivity contribution < 1.29 is 4.74 Å². The molecule has 0 spiro atoms. The fraction of sp³-hybridized carbons (Fsp3) is 0.400. The van der Waals surface area contributed by atoms with Crippen LogP contribution in [0.5, 0.6) is 6.01 Å². The van der Waals surface area contributed by atoms with Crippen LogP contribution in [0.25, 0.3) is 0 Å². The van der Waals surface area contributed by atoms with Gasteiger partial charge in [-0.15, -0.1) is 0 Å². The van der Waals surface area contributed by atoms with Crippen molar-refractivity contribution in [2.45, 2.75) is 13.1 Å². The molecule has 8 nitrogen and oxygen atoms in total. The van der Waals surface area contributed by atoms with Crippen LogP contribution in [0.2, 0.25) is 0 Å². The summed E-state index contributed by atoms with van der Waals surface area (Å²) >= 11 is 0. The molecule has 18 heavy (non-hydrogen) atoms. The first kappa shape index (κ1) is 10.8. The number of imidazole rings is 1. The first-order valence-electron chi connectivity index (χ1n) is 5.57. The zero-order valence-corrected chi connectivity index (χ0v) is 9.94. The topological polar surface area (TPSA) is 95.0 Å². The van der Waals surface area contributed by atoms with Gasteiger partial charge in [0.2, 0.25) is 11.9 Å². The molecular weight excluding hydrogens is 234 g/mol. The van der Waals surface area contributed by atoms with E-state index in [0.717, 1.165) is 18.9 Å². The van der Waals surface area contributed by atoms with E-state index in [-0.39, 0.29) is 12.0 Å². The Bertz CT molecular complexity index is 567. The Kier molecular flexibility index (Phi) is 2.47. The Morgan fingerprint density at radius 2 is 2.17 bits per heavy atom. The summed E-state index contributed by atoms with van der Waals surface area (Å²) in [5, 5.41) is 0. The highest BCUT2D eigenvalue weighted by Gasteiger charge is 2.20. The van der Waals surface area contributed by atoms with Crippen LogP contribution in [0.1, 0.15) is 5.82 Å². The lowest BCUT2D eigenvalue weighted by Gasteiger charge is -2.27. The van der Waals surface area contributed by atoms with Crippen molar-refractivity contribution >= 4 is 11.9 Å². The molecule has 0 amide bonds. The van der Waals surface area contributed by atoms with Gasteiger partial charge in [-0.25, -0.2) is 4.98 Å². The second kappa shape index (κ2) is 4.13. The van der Waals surface area contributed by atoms with Gasteiger partial charge in [-0.05, 0) is 0 Å². The molecule has 0 saturated carbocycles. The minimum atomic E-state index is 0.158. The maximum absolute atomic E-state index is 5.63. The average Bonchev–Trinajstić information content (AvgIpc) is 2.85. The number of nitrogen functional groups attached to an aromatic ring is 1. The van der Waals surface area contributed by atoms with E-state index in [2.05, 4.69) is 24.5 Å². The number of methoxy groups -OCH3 is 1. The highest BCUT2D eigenvalue weighted by atomic mass is 16.5. The minimum absolute atomic E-state index is 0.158. The van der Waals surface area contributed by atoms with E-state index in [1.807, 2.05) is 11.1 Å². The number of nitrogens with two attached hydrogens (primary N) is 1. The van der Waals surface area contributed by atoms with Gasteiger partial charge < -0.3 is 19.9 Å². The van der Waals surface area contributed by atoms with Gasteiger partial charge in [0.25, 0.3) is 0 Å². The summed E-state index contributed by atoms with van der Waals surface area (Å²) in [5.41, 5.74) is 5.63. The smallest absolute Gasteiger partial charge is 0.322 e. The Balaban J connectivity index is 1.90. The Morgan fingerprint density at radius 1 is 1.28 bits per heavy atom. The first-order chi connectivity index (χ1) is 8.76. The van der Waals surface area contributed by atoms with Crippen LogP contribution in [0, 0.1) is 0 Å². The molecule has 94 valence electrons. The number of hydrogen-bond acceptors (Lipinski definition) is 7.